The van der Waals surface area contributed by atoms with Crippen molar-refractivity contribution in [3.63, 3.8) is 0 Å². The van der Waals surface area contributed by atoms with Gasteiger partial charge in [0.2, 0.25) is 5.75 Å². The second-order valence-electron chi connectivity index (χ2n) is 3.85. The van der Waals surface area contributed by atoms with E-state index in [9.17, 15) is 4.79 Å². The van der Waals surface area contributed by atoms with Gasteiger partial charge in [0.1, 0.15) is 6.61 Å². The van der Waals surface area contributed by atoms with Crippen molar-refractivity contribution in [3.05, 3.63) is 16.7 Å². The Labute approximate surface area is 87.4 Å². The van der Waals surface area contributed by atoms with Crippen LogP contribution in [0.4, 0.5) is 0 Å². The molecule has 84 valence electrons. The van der Waals surface area contributed by atoms with E-state index in [4.69, 9.17) is 15.2 Å². The predicted octanol–water partition coefficient (Wildman–Crippen LogP) is -0.105. The first-order valence-corrected chi connectivity index (χ1v) is 4.47. The lowest BCUT2D eigenvalue weighted by atomic mass is 10.1. The first-order valence-electron chi connectivity index (χ1n) is 4.47. The smallest absolute Gasteiger partial charge is 0.297 e. The minimum Gasteiger partial charge on any atom is -0.487 e. The van der Waals surface area contributed by atoms with Crippen molar-refractivity contribution in [2.24, 2.45) is 5.73 Å². The van der Waals surface area contributed by atoms with Crippen LogP contribution in [0.25, 0.3) is 0 Å². The van der Waals surface area contributed by atoms with Crippen LogP contribution in [0.3, 0.4) is 0 Å². The third-order valence-corrected chi connectivity index (χ3v) is 1.56. The Kier molecular flexibility index (Phi) is 3.31. The average molecular weight is 213 g/mol. The van der Waals surface area contributed by atoms with Crippen molar-refractivity contribution in [2.75, 3.05) is 13.7 Å². The first kappa shape index (κ1) is 11.5. The SMILES string of the molecule is COc1c(OCC(C)(C)N)nc[nH]c1=O. The van der Waals surface area contributed by atoms with Crippen LogP contribution in [0.15, 0.2) is 11.1 Å². The van der Waals surface area contributed by atoms with Gasteiger partial charge in [-0.05, 0) is 13.8 Å². The van der Waals surface area contributed by atoms with Crippen LogP contribution in [0.1, 0.15) is 13.8 Å². The highest BCUT2D eigenvalue weighted by Crippen LogP contribution is 2.18. The predicted molar refractivity (Wildman–Crippen MR) is 55.2 cm³/mol. The van der Waals surface area contributed by atoms with Gasteiger partial charge in [-0.15, -0.1) is 0 Å². The Morgan fingerprint density at radius 2 is 2.27 bits per heavy atom. The summed E-state index contributed by atoms with van der Waals surface area (Å²) in [7, 11) is 1.38. The zero-order valence-electron chi connectivity index (χ0n) is 9.03. The Balaban J connectivity index is 2.86. The van der Waals surface area contributed by atoms with Crippen LogP contribution in [0.5, 0.6) is 11.6 Å². The van der Waals surface area contributed by atoms with Crippen LogP contribution in [0.2, 0.25) is 0 Å². The van der Waals surface area contributed by atoms with Gasteiger partial charge in [-0.2, -0.15) is 0 Å². The summed E-state index contributed by atoms with van der Waals surface area (Å²) in [5.41, 5.74) is 4.87. The number of hydrogen-bond acceptors (Lipinski definition) is 5. The summed E-state index contributed by atoms with van der Waals surface area (Å²) in [4.78, 5) is 17.5. The molecule has 1 aromatic rings. The molecule has 1 heterocycles. The number of ether oxygens (including phenoxy) is 2. The van der Waals surface area contributed by atoms with Crippen LogP contribution >= 0.6 is 0 Å². The van der Waals surface area contributed by atoms with E-state index in [1.165, 1.54) is 13.4 Å². The molecule has 0 aliphatic carbocycles. The van der Waals surface area contributed by atoms with E-state index in [1.807, 2.05) is 13.8 Å². The van der Waals surface area contributed by atoms with E-state index in [0.29, 0.717) is 0 Å². The number of aromatic nitrogens is 2. The molecule has 0 amide bonds. The topological polar surface area (TPSA) is 90.2 Å². The lowest BCUT2D eigenvalue weighted by molar-refractivity contribution is 0.223. The van der Waals surface area contributed by atoms with E-state index in [-0.39, 0.29) is 23.8 Å². The van der Waals surface area contributed by atoms with Crippen molar-refractivity contribution in [2.45, 2.75) is 19.4 Å². The lowest BCUT2D eigenvalue weighted by Gasteiger charge is -2.18. The number of aromatic amines is 1. The van der Waals surface area contributed by atoms with Gasteiger partial charge >= 0.3 is 0 Å². The maximum absolute atomic E-state index is 11.3. The molecular weight excluding hydrogens is 198 g/mol. The molecule has 0 saturated heterocycles. The fraction of sp³-hybridized carbons (Fsp3) is 0.556. The molecule has 0 atom stereocenters. The van der Waals surface area contributed by atoms with E-state index in [2.05, 4.69) is 9.97 Å². The summed E-state index contributed by atoms with van der Waals surface area (Å²) >= 11 is 0. The Morgan fingerprint density at radius 1 is 1.60 bits per heavy atom. The zero-order chi connectivity index (χ0) is 11.5. The molecule has 0 unspecified atom stereocenters. The molecule has 6 heteroatoms. The summed E-state index contributed by atoms with van der Waals surface area (Å²) in [5, 5.41) is 0. The second-order valence-corrected chi connectivity index (χ2v) is 3.85. The average Bonchev–Trinajstić information content (AvgIpc) is 2.13. The molecule has 0 saturated carbocycles. The highest BCUT2D eigenvalue weighted by atomic mass is 16.5. The third-order valence-electron chi connectivity index (χ3n) is 1.56. The molecule has 3 N–H and O–H groups in total. The van der Waals surface area contributed by atoms with E-state index < -0.39 is 5.54 Å². The van der Waals surface area contributed by atoms with Crippen LogP contribution in [-0.4, -0.2) is 29.2 Å². The van der Waals surface area contributed by atoms with Crippen molar-refractivity contribution < 1.29 is 9.47 Å². The molecule has 0 aliphatic rings. The highest BCUT2D eigenvalue weighted by molar-refractivity contribution is 5.29. The normalized spacial score (nSPS) is 11.2. The van der Waals surface area contributed by atoms with Crippen molar-refractivity contribution in [3.8, 4) is 11.6 Å². The van der Waals surface area contributed by atoms with Gasteiger partial charge in [0.05, 0.1) is 13.4 Å². The maximum atomic E-state index is 11.3. The standard InChI is InChI=1S/C9H15N3O3/c1-9(2,10)4-15-8-6(14-3)7(13)11-5-12-8/h5H,4,10H2,1-3H3,(H,11,12,13). The van der Waals surface area contributed by atoms with Crippen LogP contribution in [-0.2, 0) is 0 Å². The molecule has 1 rings (SSSR count). The molecule has 0 spiro atoms. The quantitative estimate of drug-likeness (QED) is 0.728. The molecule has 1 aromatic heterocycles. The van der Waals surface area contributed by atoms with Crippen molar-refractivity contribution in [1.82, 2.24) is 9.97 Å². The second kappa shape index (κ2) is 4.31. The third kappa shape index (κ3) is 3.25. The highest BCUT2D eigenvalue weighted by Gasteiger charge is 2.15. The fourth-order valence-corrected chi connectivity index (χ4v) is 0.908. The number of methoxy groups -OCH3 is 1. The van der Waals surface area contributed by atoms with Gasteiger partial charge in [0.15, 0.2) is 0 Å². The molecule has 0 aliphatic heterocycles. The maximum Gasteiger partial charge on any atom is 0.297 e. The Hall–Kier alpha value is -1.56. The number of hydrogen-bond donors (Lipinski definition) is 2. The molecule has 0 radical (unpaired) electrons. The fourth-order valence-electron chi connectivity index (χ4n) is 0.908. The largest absolute Gasteiger partial charge is 0.487 e. The van der Waals surface area contributed by atoms with Gasteiger partial charge in [-0.25, -0.2) is 4.98 Å². The molecule has 0 fully saturated rings. The molecule has 6 nitrogen and oxygen atoms in total. The summed E-state index contributed by atoms with van der Waals surface area (Å²) < 4.78 is 10.2. The number of nitrogens with one attached hydrogen (secondary N) is 1. The molecular formula is C9H15N3O3. The molecule has 0 bridgehead atoms. The molecule has 0 aromatic carbocycles. The van der Waals surface area contributed by atoms with E-state index in [0.717, 1.165) is 0 Å². The number of H-pyrrole nitrogens is 1. The summed E-state index contributed by atoms with van der Waals surface area (Å²) in [6.45, 7) is 3.87. The lowest BCUT2D eigenvalue weighted by Crippen LogP contribution is -2.39. The van der Waals surface area contributed by atoms with Crippen LogP contribution in [0, 0.1) is 0 Å². The van der Waals surface area contributed by atoms with Crippen molar-refractivity contribution >= 4 is 0 Å². The Bertz CT molecular complexity index is 381. The Morgan fingerprint density at radius 3 is 2.80 bits per heavy atom. The van der Waals surface area contributed by atoms with Gasteiger partial charge in [-0.3, -0.25) is 4.79 Å². The van der Waals surface area contributed by atoms with Crippen LogP contribution < -0.4 is 20.8 Å². The minimum absolute atomic E-state index is 0.0572. The number of nitrogens with zero attached hydrogens (tertiary/aromatic N) is 1. The summed E-state index contributed by atoms with van der Waals surface area (Å²) in [5.74, 6) is 0.210. The zero-order valence-corrected chi connectivity index (χ0v) is 9.03. The number of nitrogens with two attached hydrogens (primary N) is 1. The van der Waals surface area contributed by atoms with Crippen molar-refractivity contribution in [1.29, 1.82) is 0 Å². The summed E-state index contributed by atoms with van der Waals surface area (Å²) in [6.07, 6.45) is 1.25. The monoisotopic (exact) mass is 213 g/mol. The van der Waals surface area contributed by atoms with Gasteiger partial charge in [0.25, 0.3) is 11.4 Å². The number of rotatable bonds is 4. The van der Waals surface area contributed by atoms with Gasteiger partial charge < -0.3 is 20.2 Å². The summed E-state index contributed by atoms with van der Waals surface area (Å²) in [6, 6.07) is 0. The van der Waals surface area contributed by atoms with Gasteiger partial charge in [-0.1, -0.05) is 0 Å². The van der Waals surface area contributed by atoms with E-state index in [1.54, 1.807) is 0 Å². The van der Waals surface area contributed by atoms with E-state index >= 15 is 0 Å². The first-order chi connectivity index (χ1) is 6.94. The molecule has 15 heavy (non-hydrogen) atoms. The van der Waals surface area contributed by atoms with Gasteiger partial charge in [0, 0.05) is 5.54 Å². The minimum atomic E-state index is -0.491.